The van der Waals surface area contributed by atoms with Crippen LogP contribution >= 0.6 is 0 Å². The first-order valence-corrected chi connectivity index (χ1v) is 20.5. The Labute approximate surface area is 259 Å². The number of carbonyl (C=O) groups is 1. The summed E-state index contributed by atoms with van der Waals surface area (Å²) in [5.41, 5.74) is -1.60. The molecule has 6 fully saturated rings. The summed E-state index contributed by atoms with van der Waals surface area (Å²) in [6, 6.07) is 1.99. The fourth-order valence-electron chi connectivity index (χ4n) is 8.85. The minimum Gasteiger partial charge on any atom is -0.341 e. The van der Waals surface area contributed by atoms with Crippen LogP contribution in [0.5, 0.6) is 0 Å². The van der Waals surface area contributed by atoms with E-state index in [1.54, 1.807) is 0 Å². The Morgan fingerprint density at radius 3 is 1.93 bits per heavy atom. The molecule has 9 nitrogen and oxygen atoms in total. The summed E-state index contributed by atoms with van der Waals surface area (Å²) in [5, 5.41) is 9.64. The fraction of sp³-hybridized carbons (Fsp3) is 0.938. The second kappa shape index (κ2) is 12.2. The van der Waals surface area contributed by atoms with E-state index in [-0.39, 0.29) is 34.8 Å². The molecule has 0 spiro atoms. The van der Waals surface area contributed by atoms with E-state index in [4.69, 9.17) is 0 Å². The van der Waals surface area contributed by atoms with Crippen molar-refractivity contribution in [3.05, 3.63) is 0 Å². The third kappa shape index (κ3) is 6.69. The van der Waals surface area contributed by atoms with Crippen molar-refractivity contribution in [2.45, 2.75) is 118 Å². The summed E-state index contributed by atoms with van der Waals surface area (Å²) in [4.78, 5) is 20.5. The summed E-state index contributed by atoms with van der Waals surface area (Å²) in [7, 11) is -4.55. The predicted octanol–water partition coefficient (Wildman–Crippen LogP) is 3.40. The van der Waals surface area contributed by atoms with Gasteiger partial charge in [0.2, 0.25) is 5.91 Å². The van der Waals surface area contributed by atoms with Gasteiger partial charge in [-0.05, 0) is 128 Å². The fourth-order valence-corrected chi connectivity index (χ4v) is 13.5. The van der Waals surface area contributed by atoms with Crippen molar-refractivity contribution in [2.24, 2.45) is 17.3 Å². The molecule has 6 rings (SSSR count). The third-order valence-electron chi connectivity index (χ3n) is 12.0. The van der Waals surface area contributed by atoms with Gasteiger partial charge in [0.15, 0.2) is 19.7 Å². The summed E-state index contributed by atoms with van der Waals surface area (Å²) in [6.07, 6.45) is 11.5. The molecule has 2 saturated heterocycles. The molecule has 4 saturated carbocycles. The number of nitriles is 1. The summed E-state index contributed by atoms with van der Waals surface area (Å²) in [6.45, 7) is 4.12. The summed E-state index contributed by atoms with van der Waals surface area (Å²) < 4.78 is 54.6. The number of nitrogens with zero attached hydrogens (tertiary/aromatic N) is 4. The number of likely N-dealkylation sites (tertiary alicyclic amines) is 2. The average molecular weight is 637 g/mol. The van der Waals surface area contributed by atoms with E-state index in [0.29, 0.717) is 63.3 Å². The van der Waals surface area contributed by atoms with Gasteiger partial charge in [-0.25, -0.2) is 16.8 Å². The Bertz CT molecular complexity index is 1280. The van der Waals surface area contributed by atoms with Gasteiger partial charge in [-0.15, -0.1) is 0 Å². The molecule has 43 heavy (non-hydrogen) atoms. The van der Waals surface area contributed by atoms with Crippen LogP contribution in [-0.2, 0) is 24.5 Å². The van der Waals surface area contributed by atoms with Gasteiger partial charge in [0, 0.05) is 31.2 Å². The number of likely N-dealkylation sites (N-methyl/N-ethyl adjacent to an activating group) is 1. The maximum atomic E-state index is 14.0. The van der Waals surface area contributed by atoms with Gasteiger partial charge in [0.05, 0.1) is 28.1 Å². The van der Waals surface area contributed by atoms with Crippen LogP contribution < -0.4 is 0 Å². The Morgan fingerprint density at radius 2 is 1.37 bits per heavy atom. The number of sulfone groups is 2. The molecule has 0 N–H and O–H groups in total. The topological polar surface area (TPSA) is 119 Å². The third-order valence-corrected chi connectivity index (χ3v) is 16.8. The number of hydrogen-bond donors (Lipinski definition) is 0. The van der Waals surface area contributed by atoms with E-state index in [9.17, 15) is 26.9 Å². The molecule has 2 heterocycles. The standard InChI is InChI=1S/C32H52N4O5S2/c1-34(32(24-35-16-2-3-17-35)14-10-27(11-15-32)42(38,39)21-25-6-7-25)28-20-31(23-33,30(37)36-18-4-5-19-36)13-12-29(28)43(40,41)22-26-8-9-26/h25-29H,2-22,24H2,1H3. The van der Waals surface area contributed by atoms with Gasteiger partial charge in [-0.1, -0.05) is 0 Å². The van der Waals surface area contributed by atoms with Crippen LogP contribution in [0.4, 0.5) is 0 Å². The number of carbonyl (C=O) groups excluding carboxylic acids is 1. The van der Waals surface area contributed by atoms with Crippen LogP contribution in [0.2, 0.25) is 0 Å². The van der Waals surface area contributed by atoms with Gasteiger partial charge in [-0.2, -0.15) is 5.26 Å². The molecule has 0 radical (unpaired) electrons. The lowest BCUT2D eigenvalue weighted by atomic mass is 9.69. The zero-order valence-electron chi connectivity index (χ0n) is 26.1. The Balaban J connectivity index is 1.31. The molecule has 3 atom stereocenters. The van der Waals surface area contributed by atoms with Crippen molar-refractivity contribution in [1.82, 2.24) is 14.7 Å². The Kier molecular flexibility index (Phi) is 9.00. The number of rotatable bonds is 11. The number of amides is 1. The van der Waals surface area contributed by atoms with Crippen molar-refractivity contribution in [1.29, 1.82) is 5.26 Å². The highest BCUT2D eigenvalue weighted by atomic mass is 32.2. The van der Waals surface area contributed by atoms with E-state index >= 15 is 0 Å². The minimum atomic E-state index is -3.44. The molecule has 11 heteroatoms. The molecule has 0 aromatic carbocycles. The van der Waals surface area contributed by atoms with E-state index < -0.39 is 36.4 Å². The zero-order chi connectivity index (χ0) is 30.5. The van der Waals surface area contributed by atoms with Crippen LogP contribution in [0, 0.1) is 28.6 Å². The molecular formula is C32H52N4O5S2. The first-order valence-electron chi connectivity index (χ1n) is 17.1. The SMILES string of the molecule is CN(C1CC(C#N)(C(=O)N2CCCC2)CCC1S(=O)(=O)CC1CC1)C1(CN2CCCC2)CCC(S(=O)(=O)CC2CC2)CC1. The molecule has 1 amide bonds. The first-order chi connectivity index (χ1) is 20.5. The molecular weight excluding hydrogens is 585 g/mol. The Hall–Kier alpha value is -1.22. The van der Waals surface area contributed by atoms with Crippen molar-refractivity contribution < 1.29 is 21.6 Å². The second-order valence-corrected chi connectivity index (χ2v) is 19.7. The quantitative estimate of drug-likeness (QED) is 0.339. The molecule has 0 aromatic heterocycles. The Morgan fingerprint density at radius 1 is 0.814 bits per heavy atom. The van der Waals surface area contributed by atoms with E-state index in [2.05, 4.69) is 15.9 Å². The summed E-state index contributed by atoms with van der Waals surface area (Å²) in [5.74, 6) is 0.946. The smallest absolute Gasteiger partial charge is 0.243 e. The van der Waals surface area contributed by atoms with E-state index in [1.165, 1.54) is 0 Å². The lowest BCUT2D eigenvalue weighted by molar-refractivity contribution is -0.141. The predicted molar refractivity (Wildman–Crippen MR) is 167 cm³/mol. The average Bonchev–Trinajstić information content (AvgIpc) is 3.85. The van der Waals surface area contributed by atoms with Crippen LogP contribution in [0.15, 0.2) is 0 Å². The van der Waals surface area contributed by atoms with Crippen LogP contribution in [0.25, 0.3) is 0 Å². The zero-order valence-corrected chi connectivity index (χ0v) is 27.7. The van der Waals surface area contributed by atoms with Crippen LogP contribution in [-0.4, -0.2) is 111 Å². The molecule has 6 aliphatic rings. The molecule has 0 bridgehead atoms. The largest absolute Gasteiger partial charge is 0.341 e. The van der Waals surface area contributed by atoms with E-state index in [0.717, 1.165) is 71.0 Å². The van der Waals surface area contributed by atoms with Gasteiger partial charge in [0.1, 0.15) is 5.41 Å². The second-order valence-electron chi connectivity index (χ2n) is 15.1. The van der Waals surface area contributed by atoms with Gasteiger partial charge in [-0.3, -0.25) is 9.69 Å². The van der Waals surface area contributed by atoms with Gasteiger partial charge in [0.25, 0.3) is 0 Å². The van der Waals surface area contributed by atoms with Gasteiger partial charge < -0.3 is 9.80 Å². The highest BCUT2D eigenvalue weighted by Crippen LogP contribution is 2.48. The van der Waals surface area contributed by atoms with Gasteiger partial charge >= 0.3 is 0 Å². The van der Waals surface area contributed by atoms with Crippen molar-refractivity contribution in [3.63, 3.8) is 0 Å². The van der Waals surface area contributed by atoms with Crippen molar-refractivity contribution in [2.75, 3.05) is 51.3 Å². The maximum absolute atomic E-state index is 14.0. The monoisotopic (exact) mass is 636 g/mol. The maximum Gasteiger partial charge on any atom is 0.243 e. The van der Waals surface area contributed by atoms with Crippen LogP contribution in [0.1, 0.15) is 96.3 Å². The highest BCUT2D eigenvalue weighted by molar-refractivity contribution is 7.92. The van der Waals surface area contributed by atoms with Crippen LogP contribution in [0.3, 0.4) is 0 Å². The van der Waals surface area contributed by atoms with Crippen molar-refractivity contribution in [3.8, 4) is 6.07 Å². The summed E-state index contributed by atoms with van der Waals surface area (Å²) >= 11 is 0. The van der Waals surface area contributed by atoms with Crippen molar-refractivity contribution >= 4 is 25.6 Å². The molecule has 0 aromatic rings. The highest BCUT2D eigenvalue weighted by Gasteiger charge is 2.56. The molecule has 2 aliphatic heterocycles. The normalized spacial score (nSPS) is 36.2. The lowest BCUT2D eigenvalue weighted by Gasteiger charge is -2.54. The lowest BCUT2D eigenvalue weighted by Crippen LogP contribution is -2.65. The van der Waals surface area contributed by atoms with E-state index in [1.807, 2.05) is 11.9 Å². The molecule has 242 valence electrons. The minimum absolute atomic E-state index is 0.118. The molecule has 4 aliphatic carbocycles. The number of hydrogen-bond acceptors (Lipinski definition) is 8. The first kappa shape index (κ1) is 31.7. The molecule has 3 unspecified atom stereocenters.